The zero-order chi connectivity index (χ0) is 66.9. The summed E-state index contributed by atoms with van der Waals surface area (Å²) in [4.78, 5) is 154. The van der Waals surface area contributed by atoms with E-state index in [0.29, 0.717) is 52.4 Å². The summed E-state index contributed by atoms with van der Waals surface area (Å²) >= 11 is 1.14. The second kappa shape index (κ2) is 32.6. The number of nitrogens with zero attached hydrogens (tertiary/aromatic N) is 4. The molecule has 0 saturated carbocycles. The smallest absolute Gasteiger partial charge is 0.407 e. The molecule has 0 aliphatic carbocycles. The van der Waals surface area contributed by atoms with E-state index < -0.39 is 126 Å². The number of ether oxygens (including phenoxy) is 2. The molecule has 9 amide bonds. The minimum absolute atomic E-state index is 0.0743. The number of hydrogen-bond acceptors (Lipinski definition) is 15. The number of esters is 1. The van der Waals surface area contributed by atoms with Crippen LogP contribution in [0.25, 0.3) is 0 Å². The maximum atomic E-state index is 14.9. The fraction of sp³-hybridized carbons (Fsp3) is 0.569. The maximum absolute atomic E-state index is 14.9. The Labute approximate surface area is 532 Å². The normalized spacial score (nSPS) is 18.8. The van der Waals surface area contributed by atoms with Crippen molar-refractivity contribution in [2.24, 2.45) is 23.7 Å². The molecule has 492 valence electrons. The van der Waals surface area contributed by atoms with Gasteiger partial charge in [0, 0.05) is 67.7 Å². The van der Waals surface area contributed by atoms with Crippen LogP contribution in [0.1, 0.15) is 154 Å². The highest BCUT2D eigenvalue weighted by molar-refractivity contribution is 7.09. The molecule has 1 aromatic heterocycles. The molecule has 25 heteroatoms. The number of nitrogens with one attached hydrogen (secondary N) is 6. The maximum Gasteiger partial charge on any atom is 0.407 e. The number of rotatable bonds is 30. The van der Waals surface area contributed by atoms with Gasteiger partial charge in [-0.1, -0.05) is 97.4 Å². The van der Waals surface area contributed by atoms with Gasteiger partial charge in [-0.3, -0.25) is 52.8 Å². The number of carboxylic acid groups (broad SMARTS) is 1. The van der Waals surface area contributed by atoms with Crippen molar-refractivity contribution in [1.82, 2.24) is 41.4 Å². The molecule has 3 aromatic rings. The highest BCUT2D eigenvalue weighted by atomic mass is 32.1. The number of alkyl carbamates (subject to hydrolysis) is 1. The first-order valence-electron chi connectivity index (χ1n) is 30.9. The van der Waals surface area contributed by atoms with Gasteiger partial charge in [0.05, 0.1) is 26.1 Å². The summed E-state index contributed by atoms with van der Waals surface area (Å²) in [7, 11) is 3.70. The predicted molar refractivity (Wildman–Crippen MR) is 338 cm³/mol. The molecule has 2 aliphatic rings. The van der Waals surface area contributed by atoms with Gasteiger partial charge in [-0.05, 0) is 88.8 Å². The number of likely N-dealkylation sites (N-methyl/N-ethyl adjacent to an activating group) is 2. The van der Waals surface area contributed by atoms with E-state index >= 15 is 0 Å². The number of aliphatic carboxylic acids is 1. The zero-order valence-corrected chi connectivity index (χ0v) is 55.2. The molecule has 90 heavy (non-hydrogen) atoms. The first kappa shape index (κ1) is 72.7. The van der Waals surface area contributed by atoms with Crippen LogP contribution in [-0.4, -0.2) is 165 Å². The van der Waals surface area contributed by atoms with Gasteiger partial charge >= 0.3 is 18.0 Å². The fourth-order valence-corrected chi connectivity index (χ4v) is 12.0. The van der Waals surface area contributed by atoms with E-state index in [4.69, 9.17) is 9.47 Å². The van der Waals surface area contributed by atoms with Crippen LogP contribution in [0, 0.1) is 23.7 Å². The number of thiazole rings is 1. The SMILES string of the molecule is CC[C@H](C)[C@H](NC(=O)[C@H]1CCCC[N+]1(C)Cc1ccc(NC(=O)[C@H](C)NC(=O)[C@@H](NC(=O)[C@H](CNC(=O)OC(C)(C)C)N2C(=O)C=CC2=O)C(C)C)cc1)C(=O)N(C)[C@H](C[C@@H](OC(C)=O)c1nc(C(=O)N[C@@H](Cc2ccccc2)C[C@H](C)C(=O)O)cs1)C(C)C. The number of carboxylic acids is 1. The van der Waals surface area contributed by atoms with Gasteiger partial charge in [0.2, 0.25) is 23.6 Å². The number of imide groups is 1. The van der Waals surface area contributed by atoms with Gasteiger partial charge < -0.3 is 55.9 Å². The van der Waals surface area contributed by atoms with E-state index in [1.807, 2.05) is 77.2 Å². The molecule has 1 saturated heterocycles. The summed E-state index contributed by atoms with van der Waals surface area (Å²) in [5.74, 6) is -8.12. The number of amides is 9. The lowest BCUT2D eigenvalue weighted by atomic mass is 9.92. The number of carbonyl (C=O) groups excluding carboxylic acids is 10. The number of anilines is 1. The molecule has 3 heterocycles. The quantitative estimate of drug-likeness (QED) is 0.0222. The Morgan fingerprint density at radius 1 is 0.800 bits per heavy atom. The fourth-order valence-electron chi connectivity index (χ4n) is 11.1. The largest absolute Gasteiger partial charge is 0.481 e. The molecule has 5 rings (SSSR count). The third-order valence-corrected chi connectivity index (χ3v) is 17.4. The molecule has 1 fully saturated rings. The minimum Gasteiger partial charge on any atom is -0.481 e. The van der Waals surface area contributed by atoms with Crippen molar-refractivity contribution in [3.05, 3.63) is 94.0 Å². The molecule has 2 aromatic carbocycles. The van der Waals surface area contributed by atoms with Crippen LogP contribution in [0.5, 0.6) is 0 Å². The lowest BCUT2D eigenvalue weighted by molar-refractivity contribution is -0.942. The highest BCUT2D eigenvalue weighted by Crippen LogP contribution is 2.33. The molecular weight excluding hydrogens is 1180 g/mol. The molecule has 24 nitrogen and oxygen atoms in total. The van der Waals surface area contributed by atoms with Gasteiger partial charge in [-0.15, -0.1) is 11.3 Å². The number of carbonyl (C=O) groups is 11. The molecular formula is C65H93N10O14S+. The number of benzene rings is 2. The van der Waals surface area contributed by atoms with Crippen LogP contribution in [0.4, 0.5) is 10.5 Å². The summed E-state index contributed by atoms with van der Waals surface area (Å²) in [6.45, 7) is 20.9. The summed E-state index contributed by atoms with van der Waals surface area (Å²) in [5.41, 5.74) is 1.42. The van der Waals surface area contributed by atoms with Gasteiger partial charge in [0.15, 0.2) is 12.1 Å². The average molecular weight is 1270 g/mol. The van der Waals surface area contributed by atoms with E-state index in [1.165, 1.54) is 13.8 Å². The first-order chi connectivity index (χ1) is 42.2. The Hall–Kier alpha value is -8.06. The summed E-state index contributed by atoms with van der Waals surface area (Å²) < 4.78 is 11.5. The standard InChI is InChI=1S/C65H92N10O14S/c1-15-39(6)55(62(84)73(13)48(37(2)3)33-51(88-42(9)76)61-70-47(36-90-61)57(80)69-46(31-40(7)63(85)86)32-43-21-17-16-18-22-43)72-59(82)50-23-19-20-30-75(50,14)35-44-24-26-45(27-25-44)68-56(79)41(8)67-60(83)54(38(4)5)71-58(81)49(74-52(77)28-29-53(74)78)34-66-64(87)89-65(10,11)12/h16-18,21-22,24-29,36-41,46,48-51,54-55H,15,19-20,23,30-35H2,1-14H3,(H6-,66,67,68,69,71,72,79,80,81,82,83,85,86,87)/p+1/t39-,40-,41-,46+,48+,49-,50+,51+,54-,55-,75?/m0/s1. The minimum atomic E-state index is -1.54. The second-order valence-electron chi connectivity index (χ2n) is 25.7. The number of hydrogen-bond donors (Lipinski definition) is 7. The lowest BCUT2D eigenvalue weighted by Gasteiger charge is -2.44. The predicted octanol–water partition coefficient (Wildman–Crippen LogP) is 6.20. The van der Waals surface area contributed by atoms with E-state index in [9.17, 15) is 57.8 Å². The first-order valence-corrected chi connectivity index (χ1v) is 31.7. The Balaban J connectivity index is 1.23. The van der Waals surface area contributed by atoms with Gasteiger partial charge in [0.1, 0.15) is 47.0 Å². The van der Waals surface area contributed by atoms with Crippen LogP contribution in [0.15, 0.2) is 72.1 Å². The Kier molecular flexibility index (Phi) is 26.3. The molecule has 0 bridgehead atoms. The summed E-state index contributed by atoms with van der Waals surface area (Å²) in [6.07, 6.45) is 3.67. The van der Waals surface area contributed by atoms with E-state index in [0.717, 1.165) is 47.5 Å². The topological polar surface area (TPSA) is 318 Å². The Bertz CT molecular complexity index is 3060. The van der Waals surface area contributed by atoms with Crippen LogP contribution >= 0.6 is 11.3 Å². The van der Waals surface area contributed by atoms with Gasteiger partial charge in [-0.25, -0.2) is 9.78 Å². The average Bonchev–Trinajstić information content (AvgIpc) is 0.909. The van der Waals surface area contributed by atoms with Gasteiger partial charge in [-0.2, -0.15) is 0 Å². The van der Waals surface area contributed by atoms with Crippen LogP contribution in [0.3, 0.4) is 0 Å². The molecule has 0 radical (unpaired) electrons. The van der Waals surface area contributed by atoms with Crippen molar-refractivity contribution in [3.8, 4) is 0 Å². The molecule has 7 N–H and O–H groups in total. The van der Waals surface area contributed by atoms with E-state index in [1.54, 1.807) is 71.0 Å². The van der Waals surface area contributed by atoms with Crippen molar-refractivity contribution in [3.63, 3.8) is 0 Å². The van der Waals surface area contributed by atoms with Crippen molar-refractivity contribution in [2.45, 2.75) is 189 Å². The summed E-state index contributed by atoms with van der Waals surface area (Å²) in [6, 6.07) is 10.2. The third kappa shape index (κ3) is 20.8. The monoisotopic (exact) mass is 1270 g/mol. The zero-order valence-electron chi connectivity index (χ0n) is 54.4. The van der Waals surface area contributed by atoms with E-state index in [-0.39, 0.29) is 42.2 Å². The Morgan fingerprint density at radius 3 is 2.02 bits per heavy atom. The molecule has 11 atom stereocenters. The lowest BCUT2D eigenvalue weighted by Crippen LogP contribution is -2.63. The second-order valence-corrected chi connectivity index (χ2v) is 26.6. The van der Waals surface area contributed by atoms with Crippen molar-refractivity contribution >= 4 is 82.3 Å². The number of likely N-dealkylation sites (tertiary alicyclic amines) is 1. The third-order valence-electron chi connectivity index (χ3n) is 16.4. The highest BCUT2D eigenvalue weighted by Gasteiger charge is 2.44. The molecule has 0 spiro atoms. The van der Waals surface area contributed by atoms with Crippen molar-refractivity contribution < 1.29 is 71.8 Å². The molecule has 1 unspecified atom stereocenters. The number of aromatic nitrogens is 1. The van der Waals surface area contributed by atoms with Crippen LogP contribution in [0.2, 0.25) is 0 Å². The van der Waals surface area contributed by atoms with Gasteiger partial charge in [0.25, 0.3) is 23.6 Å². The number of quaternary nitrogens is 1. The number of piperidine rings is 1. The van der Waals surface area contributed by atoms with Crippen LogP contribution in [-0.2, 0) is 65.6 Å². The molecule has 2 aliphatic heterocycles. The van der Waals surface area contributed by atoms with Crippen molar-refractivity contribution in [1.29, 1.82) is 0 Å². The Morgan fingerprint density at radius 2 is 1.44 bits per heavy atom. The van der Waals surface area contributed by atoms with Crippen molar-refractivity contribution in [2.75, 3.05) is 32.5 Å². The van der Waals surface area contributed by atoms with Crippen LogP contribution < -0.4 is 31.9 Å². The summed E-state index contributed by atoms with van der Waals surface area (Å²) in [5, 5.41) is 28.2. The van der Waals surface area contributed by atoms with E-state index in [2.05, 4.69) is 36.9 Å².